The molecule has 0 aliphatic carbocycles. The molecule has 1 amide bonds. The average molecular weight is 395 g/mol. The Bertz CT molecular complexity index is 985. The largest absolute Gasteiger partial charge is 0.506 e. The Morgan fingerprint density at radius 1 is 1.04 bits per heavy atom. The molecule has 3 aromatic rings. The van der Waals surface area contributed by atoms with E-state index >= 15 is 0 Å². The predicted octanol–water partition coefficient (Wildman–Crippen LogP) is 3.92. The number of nitrogens with one attached hydrogen (secondary N) is 1. The molecule has 3 rings (SSSR count). The number of phenolic OH excluding ortho intramolecular Hbond substituents is 1. The fourth-order valence-electron chi connectivity index (χ4n) is 2.67. The molecule has 3 aromatic carbocycles. The molecule has 0 aliphatic heterocycles. The number of benzene rings is 3. The van der Waals surface area contributed by atoms with Crippen molar-refractivity contribution in [2.75, 3.05) is 18.9 Å². The van der Waals surface area contributed by atoms with Gasteiger partial charge in [0.15, 0.2) is 6.61 Å². The normalized spacial score (nSPS) is 10.6. The first-order chi connectivity index (χ1) is 13.5. The minimum absolute atomic E-state index is 0.0430. The van der Waals surface area contributed by atoms with Gasteiger partial charge in [0.1, 0.15) is 11.3 Å². The van der Waals surface area contributed by atoms with Crippen molar-refractivity contribution in [3.8, 4) is 5.75 Å². The number of rotatable bonds is 7. The number of fused-ring (bicyclic) bond motifs is 1. The first-order valence-corrected chi connectivity index (χ1v) is 9.87. The first kappa shape index (κ1) is 19.8. The molecule has 0 spiro atoms. The zero-order chi connectivity index (χ0) is 19.9. The highest BCUT2D eigenvalue weighted by molar-refractivity contribution is 7.99. The van der Waals surface area contributed by atoms with Crippen LogP contribution in [0, 0.1) is 6.92 Å². The average Bonchev–Trinajstić information content (AvgIpc) is 2.71. The maximum atomic E-state index is 12.2. The smallest absolute Gasteiger partial charge is 0.342 e. The Morgan fingerprint density at radius 3 is 2.57 bits per heavy atom. The summed E-state index contributed by atoms with van der Waals surface area (Å²) in [5.41, 5.74) is 1.25. The van der Waals surface area contributed by atoms with Crippen molar-refractivity contribution in [3.63, 3.8) is 0 Å². The lowest BCUT2D eigenvalue weighted by Crippen LogP contribution is -2.30. The lowest BCUT2D eigenvalue weighted by atomic mass is 10.1. The Kier molecular flexibility index (Phi) is 6.55. The number of esters is 1. The number of carbonyl (C=O) groups excluding carboxylic acids is 2. The van der Waals surface area contributed by atoms with Gasteiger partial charge in [0, 0.05) is 22.6 Å². The van der Waals surface area contributed by atoms with Crippen molar-refractivity contribution in [1.29, 1.82) is 0 Å². The van der Waals surface area contributed by atoms with Crippen LogP contribution >= 0.6 is 11.8 Å². The van der Waals surface area contributed by atoms with Crippen LogP contribution in [0.5, 0.6) is 5.75 Å². The van der Waals surface area contributed by atoms with E-state index in [1.54, 1.807) is 30.0 Å². The number of hydrogen-bond donors (Lipinski definition) is 2. The standard InChI is InChI=1S/C22H21NO4S/c1-15-6-9-17(10-7-15)28-13-12-23-20(24)14-27-22(26)19-11-8-16-4-2-3-5-18(16)21(19)25/h2-11,25H,12-14H2,1H3,(H,23,24). The minimum atomic E-state index is -0.729. The van der Waals surface area contributed by atoms with E-state index in [2.05, 4.69) is 5.32 Å². The second-order valence-electron chi connectivity index (χ2n) is 6.27. The van der Waals surface area contributed by atoms with Crippen LogP contribution < -0.4 is 5.32 Å². The van der Waals surface area contributed by atoms with Gasteiger partial charge in [-0.1, -0.05) is 48.0 Å². The number of amides is 1. The predicted molar refractivity (Wildman–Crippen MR) is 111 cm³/mol. The van der Waals surface area contributed by atoms with Gasteiger partial charge >= 0.3 is 5.97 Å². The Balaban J connectivity index is 1.44. The zero-order valence-corrected chi connectivity index (χ0v) is 16.3. The van der Waals surface area contributed by atoms with E-state index in [1.165, 1.54) is 11.6 Å². The number of carbonyl (C=O) groups is 2. The molecule has 0 aliphatic rings. The topological polar surface area (TPSA) is 75.6 Å². The molecule has 144 valence electrons. The molecule has 0 aromatic heterocycles. The van der Waals surface area contributed by atoms with Crippen molar-refractivity contribution in [3.05, 3.63) is 71.8 Å². The Labute approximate surface area is 167 Å². The number of aryl methyl sites for hydroxylation is 1. The quantitative estimate of drug-likeness (QED) is 0.360. The van der Waals surface area contributed by atoms with Crippen LogP contribution in [-0.2, 0) is 9.53 Å². The molecule has 0 unspecified atom stereocenters. The van der Waals surface area contributed by atoms with Gasteiger partial charge in [0.2, 0.25) is 0 Å². The van der Waals surface area contributed by atoms with Crippen molar-refractivity contribution >= 4 is 34.4 Å². The summed E-state index contributed by atoms with van der Waals surface area (Å²) in [5, 5.41) is 14.4. The molecule has 0 radical (unpaired) electrons. The van der Waals surface area contributed by atoms with Gasteiger partial charge in [-0.25, -0.2) is 4.79 Å². The van der Waals surface area contributed by atoms with Crippen LogP contribution in [0.4, 0.5) is 0 Å². The highest BCUT2D eigenvalue weighted by Crippen LogP contribution is 2.28. The van der Waals surface area contributed by atoms with Crippen molar-refractivity contribution in [2.24, 2.45) is 0 Å². The van der Waals surface area contributed by atoms with Crippen molar-refractivity contribution in [2.45, 2.75) is 11.8 Å². The first-order valence-electron chi connectivity index (χ1n) is 8.88. The van der Waals surface area contributed by atoms with Gasteiger partial charge in [0.05, 0.1) is 0 Å². The third-order valence-electron chi connectivity index (χ3n) is 4.17. The van der Waals surface area contributed by atoms with Crippen LogP contribution in [0.2, 0.25) is 0 Å². The molecule has 0 heterocycles. The summed E-state index contributed by atoms with van der Waals surface area (Å²) in [5.74, 6) is -0.530. The van der Waals surface area contributed by atoms with Crippen molar-refractivity contribution < 1.29 is 19.4 Å². The fraction of sp³-hybridized carbons (Fsp3) is 0.182. The Morgan fingerprint density at radius 2 is 1.79 bits per heavy atom. The molecule has 6 heteroatoms. The number of hydrogen-bond acceptors (Lipinski definition) is 5. The van der Waals surface area contributed by atoms with Crippen LogP contribution in [0.3, 0.4) is 0 Å². The third-order valence-corrected chi connectivity index (χ3v) is 5.18. The van der Waals surface area contributed by atoms with Crippen LogP contribution in [-0.4, -0.2) is 35.9 Å². The molecule has 0 bridgehead atoms. The Hall–Kier alpha value is -2.99. The lowest BCUT2D eigenvalue weighted by molar-refractivity contribution is -0.124. The van der Waals surface area contributed by atoms with E-state index in [0.29, 0.717) is 17.7 Å². The molecule has 0 saturated heterocycles. The van der Waals surface area contributed by atoms with Gasteiger partial charge in [-0.15, -0.1) is 11.8 Å². The van der Waals surface area contributed by atoms with Gasteiger partial charge in [0.25, 0.3) is 5.91 Å². The summed E-state index contributed by atoms with van der Waals surface area (Å²) in [6.07, 6.45) is 0. The van der Waals surface area contributed by atoms with Gasteiger partial charge in [-0.05, 0) is 30.5 Å². The van der Waals surface area contributed by atoms with E-state index in [0.717, 1.165) is 10.3 Å². The maximum absolute atomic E-state index is 12.2. The number of thioether (sulfide) groups is 1. The molecule has 5 nitrogen and oxygen atoms in total. The van der Waals surface area contributed by atoms with Gasteiger partial charge < -0.3 is 15.2 Å². The highest BCUT2D eigenvalue weighted by Gasteiger charge is 2.16. The number of phenols is 1. The third kappa shape index (κ3) is 5.04. The molecule has 0 atom stereocenters. The minimum Gasteiger partial charge on any atom is -0.506 e. The summed E-state index contributed by atoms with van der Waals surface area (Å²) >= 11 is 1.64. The highest BCUT2D eigenvalue weighted by atomic mass is 32.2. The molecule has 0 fully saturated rings. The second kappa shape index (κ2) is 9.28. The number of ether oxygens (including phenoxy) is 1. The summed E-state index contributed by atoms with van der Waals surface area (Å²) < 4.78 is 5.03. The van der Waals surface area contributed by atoms with Crippen molar-refractivity contribution in [1.82, 2.24) is 5.32 Å². The maximum Gasteiger partial charge on any atom is 0.342 e. The molecular formula is C22H21NO4S. The zero-order valence-electron chi connectivity index (χ0n) is 15.5. The van der Waals surface area contributed by atoms with E-state index in [-0.39, 0.29) is 23.8 Å². The summed E-state index contributed by atoms with van der Waals surface area (Å²) in [6, 6.07) is 18.6. The van der Waals surface area contributed by atoms with Crippen LogP contribution in [0.25, 0.3) is 10.8 Å². The monoisotopic (exact) mass is 395 g/mol. The SMILES string of the molecule is Cc1ccc(SCCNC(=O)COC(=O)c2ccc3ccccc3c2O)cc1. The second-order valence-corrected chi connectivity index (χ2v) is 7.44. The molecule has 0 saturated carbocycles. The lowest BCUT2D eigenvalue weighted by Gasteiger charge is -2.09. The van der Waals surface area contributed by atoms with E-state index < -0.39 is 5.97 Å². The van der Waals surface area contributed by atoms with Crippen LogP contribution in [0.15, 0.2) is 65.6 Å². The molecule has 28 heavy (non-hydrogen) atoms. The summed E-state index contributed by atoms with van der Waals surface area (Å²) in [6.45, 7) is 2.12. The molecular weight excluding hydrogens is 374 g/mol. The van der Waals surface area contributed by atoms with Gasteiger partial charge in [-0.3, -0.25) is 4.79 Å². The van der Waals surface area contributed by atoms with Gasteiger partial charge in [-0.2, -0.15) is 0 Å². The molecule has 2 N–H and O–H groups in total. The summed E-state index contributed by atoms with van der Waals surface area (Å²) in [7, 11) is 0. The fourth-order valence-corrected chi connectivity index (χ4v) is 3.44. The van der Waals surface area contributed by atoms with Crippen LogP contribution in [0.1, 0.15) is 15.9 Å². The van der Waals surface area contributed by atoms with E-state index in [1.807, 2.05) is 43.3 Å². The summed E-state index contributed by atoms with van der Waals surface area (Å²) in [4.78, 5) is 25.2. The number of aromatic hydroxyl groups is 1. The van der Waals surface area contributed by atoms with E-state index in [9.17, 15) is 14.7 Å². The van der Waals surface area contributed by atoms with E-state index in [4.69, 9.17) is 4.74 Å².